The van der Waals surface area contributed by atoms with Gasteiger partial charge in [0.2, 0.25) is 0 Å². The number of pyridine rings is 1. The smallest absolute Gasteiger partial charge is 0.257 e. The lowest BCUT2D eigenvalue weighted by molar-refractivity contribution is 0.102. The number of ether oxygens (including phenoxy) is 1. The van der Waals surface area contributed by atoms with Gasteiger partial charge in [0.15, 0.2) is 0 Å². The molecular weight excluding hydrogens is 288 g/mol. The molecular formula is C19H16N2O2. The fraction of sp³-hybridized carbons (Fsp3) is 0.0526. The molecule has 0 radical (unpaired) electrons. The fourth-order valence-corrected chi connectivity index (χ4v) is 2.22. The molecule has 3 rings (SSSR count). The molecule has 114 valence electrons. The van der Waals surface area contributed by atoms with Crippen LogP contribution in [0.25, 0.3) is 10.9 Å². The van der Waals surface area contributed by atoms with Crippen molar-refractivity contribution in [2.24, 2.45) is 0 Å². The van der Waals surface area contributed by atoms with E-state index in [4.69, 9.17) is 4.74 Å². The van der Waals surface area contributed by atoms with Crippen LogP contribution in [-0.2, 0) is 0 Å². The predicted molar refractivity (Wildman–Crippen MR) is 91.8 cm³/mol. The van der Waals surface area contributed by atoms with Crippen LogP contribution in [0.4, 0.5) is 5.69 Å². The molecule has 0 aliphatic heterocycles. The number of nitrogens with zero attached hydrogens (tertiary/aromatic N) is 1. The second-order valence-electron chi connectivity index (χ2n) is 5.00. The van der Waals surface area contributed by atoms with Gasteiger partial charge in [0.25, 0.3) is 5.91 Å². The SMILES string of the molecule is C=CCOc1cccc(NC(=O)c2cnc3ccccc3c2)c1. The van der Waals surface area contributed by atoms with Crippen molar-refractivity contribution in [1.82, 2.24) is 4.98 Å². The van der Waals surface area contributed by atoms with E-state index in [1.54, 1.807) is 18.3 Å². The van der Waals surface area contributed by atoms with Gasteiger partial charge in [-0.15, -0.1) is 0 Å². The Balaban J connectivity index is 1.78. The number of amides is 1. The lowest BCUT2D eigenvalue weighted by Crippen LogP contribution is -2.12. The highest BCUT2D eigenvalue weighted by molar-refractivity contribution is 6.05. The normalized spacial score (nSPS) is 10.3. The topological polar surface area (TPSA) is 51.2 Å². The lowest BCUT2D eigenvalue weighted by atomic mass is 10.1. The zero-order chi connectivity index (χ0) is 16.1. The first-order chi connectivity index (χ1) is 11.3. The average molecular weight is 304 g/mol. The first-order valence-corrected chi connectivity index (χ1v) is 7.26. The monoisotopic (exact) mass is 304 g/mol. The molecule has 0 spiro atoms. The van der Waals surface area contributed by atoms with Crippen molar-refractivity contribution in [2.45, 2.75) is 0 Å². The minimum atomic E-state index is -0.205. The summed E-state index contributed by atoms with van der Waals surface area (Å²) in [5.74, 6) is 0.475. The second-order valence-corrected chi connectivity index (χ2v) is 5.00. The van der Waals surface area contributed by atoms with E-state index in [-0.39, 0.29) is 5.91 Å². The molecule has 0 aliphatic rings. The van der Waals surface area contributed by atoms with E-state index in [2.05, 4.69) is 16.9 Å². The van der Waals surface area contributed by atoms with Gasteiger partial charge in [-0.1, -0.05) is 36.9 Å². The average Bonchev–Trinajstić information content (AvgIpc) is 2.60. The summed E-state index contributed by atoms with van der Waals surface area (Å²) in [6.07, 6.45) is 3.25. The van der Waals surface area contributed by atoms with Crippen LogP contribution in [0.5, 0.6) is 5.75 Å². The van der Waals surface area contributed by atoms with Gasteiger partial charge >= 0.3 is 0 Å². The molecule has 0 aliphatic carbocycles. The summed E-state index contributed by atoms with van der Waals surface area (Å²) in [4.78, 5) is 16.7. The molecule has 0 atom stereocenters. The number of anilines is 1. The summed E-state index contributed by atoms with van der Waals surface area (Å²) in [6.45, 7) is 4.03. The van der Waals surface area contributed by atoms with E-state index >= 15 is 0 Å². The van der Waals surface area contributed by atoms with Gasteiger partial charge in [-0.2, -0.15) is 0 Å². The van der Waals surface area contributed by atoms with Crippen molar-refractivity contribution in [2.75, 3.05) is 11.9 Å². The standard InChI is InChI=1S/C19H16N2O2/c1-2-10-23-17-8-5-7-16(12-17)21-19(22)15-11-14-6-3-4-9-18(14)20-13-15/h2-9,11-13H,1,10H2,(H,21,22). The number of aromatic nitrogens is 1. The Morgan fingerprint density at radius 1 is 1.17 bits per heavy atom. The van der Waals surface area contributed by atoms with Crippen molar-refractivity contribution in [1.29, 1.82) is 0 Å². The summed E-state index contributed by atoms with van der Waals surface area (Å²) in [7, 11) is 0. The maximum absolute atomic E-state index is 12.4. The molecule has 0 saturated heterocycles. The maximum atomic E-state index is 12.4. The number of para-hydroxylation sites is 1. The Hall–Kier alpha value is -3.14. The van der Waals surface area contributed by atoms with Crippen LogP contribution in [0, 0.1) is 0 Å². The summed E-state index contributed by atoms with van der Waals surface area (Å²) >= 11 is 0. The Morgan fingerprint density at radius 3 is 2.91 bits per heavy atom. The highest BCUT2D eigenvalue weighted by Gasteiger charge is 2.08. The van der Waals surface area contributed by atoms with Gasteiger partial charge < -0.3 is 10.1 Å². The summed E-state index contributed by atoms with van der Waals surface area (Å²) in [5.41, 5.74) is 2.05. The molecule has 0 fully saturated rings. The van der Waals surface area contributed by atoms with Crippen molar-refractivity contribution in [3.63, 3.8) is 0 Å². The van der Waals surface area contributed by atoms with E-state index in [9.17, 15) is 4.79 Å². The number of benzene rings is 2. The van der Waals surface area contributed by atoms with Crippen LogP contribution in [0.1, 0.15) is 10.4 Å². The van der Waals surface area contributed by atoms with Crippen molar-refractivity contribution < 1.29 is 9.53 Å². The third-order valence-electron chi connectivity index (χ3n) is 3.31. The van der Waals surface area contributed by atoms with Crippen LogP contribution < -0.4 is 10.1 Å². The number of carbonyl (C=O) groups is 1. The molecule has 1 heterocycles. The zero-order valence-electron chi connectivity index (χ0n) is 12.5. The molecule has 1 N–H and O–H groups in total. The highest BCUT2D eigenvalue weighted by Crippen LogP contribution is 2.19. The molecule has 0 bridgehead atoms. The Labute approximate surface area is 134 Å². The van der Waals surface area contributed by atoms with Gasteiger partial charge in [-0.25, -0.2) is 0 Å². The van der Waals surface area contributed by atoms with E-state index < -0.39 is 0 Å². The van der Waals surface area contributed by atoms with E-state index in [0.717, 1.165) is 10.9 Å². The first-order valence-electron chi connectivity index (χ1n) is 7.26. The number of carbonyl (C=O) groups excluding carboxylic acids is 1. The summed E-state index contributed by atoms with van der Waals surface area (Å²) in [5, 5.41) is 3.79. The quantitative estimate of drug-likeness (QED) is 0.723. The van der Waals surface area contributed by atoms with Crippen molar-refractivity contribution >= 4 is 22.5 Å². The predicted octanol–water partition coefficient (Wildman–Crippen LogP) is 4.05. The van der Waals surface area contributed by atoms with E-state index in [0.29, 0.717) is 23.6 Å². The van der Waals surface area contributed by atoms with Crippen molar-refractivity contribution in [3.8, 4) is 5.75 Å². The number of fused-ring (bicyclic) bond motifs is 1. The van der Waals surface area contributed by atoms with E-state index in [1.165, 1.54) is 0 Å². The third kappa shape index (κ3) is 3.55. The molecule has 1 amide bonds. The molecule has 1 aromatic heterocycles. The van der Waals surface area contributed by atoms with Crippen LogP contribution in [0.3, 0.4) is 0 Å². The van der Waals surface area contributed by atoms with Gasteiger partial charge in [0.1, 0.15) is 12.4 Å². The number of hydrogen-bond donors (Lipinski definition) is 1. The Morgan fingerprint density at radius 2 is 2.04 bits per heavy atom. The number of hydrogen-bond acceptors (Lipinski definition) is 3. The lowest BCUT2D eigenvalue weighted by Gasteiger charge is -2.08. The minimum Gasteiger partial charge on any atom is -0.489 e. The molecule has 4 nitrogen and oxygen atoms in total. The van der Waals surface area contributed by atoms with E-state index in [1.807, 2.05) is 48.5 Å². The first kappa shape index (κ1) is 14.8. The second kappa shape index (κ2) is 6.75. The Bertz CT molecular complexity index is 859. The minimum absolute atomic E-state index is 0.205. The largest absolute Gasteiger partial charge is 0.489 e. The van der Waals surface area contributed by atoms with Crippen LogP contribution in [0.15, 0.2) is 73.4 Å². The Kier molecular flexibility index (Phi) is 4.34. The van der Waals surface area contributed by atoms with Crippen LogP contribution >= 0.6 is 0 Å². The molecule has 3 aromatic rings. The van der Waals surface area contributed by atoms with Gasteiger partial charge in [-0.05, 0) is 24.3 Å². The number of rotatable bonds is 5. The molecule has 23 heavy (non-hydrogen) atoms. The molecule has 4 heteroatoms. The highest BCUT2D eigenvalue weighted by atomic mass is 16.5. The van der Waals surface area contributed by atoms with Gasteiger partial charge in [0, 0.05) is 23.3 Å². The van der Waals surface area contributed by atoms with Crippen LogP contribution in [-0.4, -0.2) is 17.5 Å². The molecule has 2 aromatic carbocycles. The fourth-order valence-electron chi connectivity index (χ4n) is 2.22. The van der Waals surface area contributed by atoms with Gasteiger partial charge in [0.05, 0.1) is 11.1 Å². The number of nitrogens with one attached hydrogen (secondary N) is 1. The van der Waals surface area contributed by atoms with Gasteiger partial charge in [-0.3, -0.25) is 9.78 Å². The van der Waals surface area contributed by atoms with Crippen LogP contribution in [0.2, 0.25) is 0 Å². The molecule has 0 saturated carbocycles. The summed E-state index contributed by atoms with van der Waals surface area (Å²) in [6, 6.07) is 16.8. The zero-order valence-corrected chi connectivity index (χ0v) is 12.5. The van der Waals surface area contributed by atoms with Crippen molar-refractivity contribution in [3.05, 3.63) is 79.0 Å². The maximum Gasteiger partial charge on any atom is 0.257 e. The summed E-state index contributed by atoms with van der Waals surface area (Å²) < 4.78 is 5.46. The molecule has 0 unspecified atom stereocenters. The third-order valence-corrected chi connectivity index (χ3v) is 3.31.